The van der Waals surface area contributed by atoms with Crippen molar-refractivity contribution in [2.24, 2.45) is 10.7 Å². The first-order chi connectivity index (χ1) is 8.75. The predicted octanol–water partition coefficient (Wildman–Crippen LogP) is 3.31. The highest BCUT2D eigenvalue weighted by Gasteiger charge is 2.22. The largest absolute Gasteiger partial charge is 0.316 e. The highest BCUT2D eigenvalue weighted by Crippen LogP contribution is 2.17. The molecule has 0 spiro atoms. The lowest BCUT2D eigenvalue weighted by Crippen LogP contribution is -2.43. The molecule has 1 rings (SSSR count). The third-order valence-electron chi connectivity index (χ3n) is 3.60. The van der Waals surface area contributed by atoms with Crippen molar-refractivity contribution in [1.29, 1.82) is 0 Å². The summed E-state index contributed by atoms with van der Waals surface area (Å²) in [5, 5.41) is 0. The van der Waals surface area contributed by atoms with E-state index in [1.54, 1.807) is 0 Å². The van der Waals surface area contributed by atoms with Gasteiger partial charge in [-0.05, 0) is 32.6 Å². The van der Waals surface area contributed by atoms with Gasteiger partial charge in [0, 0.05) is 12.8 Å². The zero-order valence-electron chi connectivity index (χ0n) is 11.9. The van der Waals surface area contributed by atoms with Gasteiger partial charge in [0.25, 0.3) is 0 Å². The Labute approximate surface area is 112 Å². The van der Waals surface area contributed by atoms with Gasteiger partial charge in [0.15, 0.2) is 0 Å². The van der Waals surface area contributed by atoms with Gasteiger partial charge in [0.1, 0.15) is 6.17 Å². The smallest absolute Gasteiger partial charge is 0.103 e. The second-order valence-electron chi connectivity index (χ2n) is 5.24. The molecule has 1 aliphatic heterocycles. The molecule has 0 aliphatic carbocycles. The van der Waals surface area contributed by atoms with E-state index < -0.39 is 0 Å². The highest BCUT2D eigenvalue weighted by atomic mass is 15.3. The van der Waals surface area contributed by atoms with Crippen molar-refractivity contribution < 1.29 is 0 Å². The summed E-state index contributed by atoms with van der Waals surface area (Å²) < 4.78 is 0. The van der Waals surface area contributed by atoms with Crippen LogP contribution in [0.2, 0.25) is 0 Å². The summed E-state index contributed by atoms with van der Waals surface area (Å²) in [5.74, 6) is 0. The minimum atomic E-state index is 0.122. The summed E-state index contributed by atoms with van der Waals surface area (Å²) in [4.78, 5) is 6.77. The van der Waals surface area contributed by atoms with Crippen molar-refractivity contribution in [3.63, 3.8) is 0 Å². The highest BCUT2D eigenvalue weighted by molar-refractivity contribution is 5.62. The maximum absolute atomic E-state index is 5.92. The maximum Gasteiger partial charge on any atom is 0.103 e. The molecule has 0 saturated heterocycles. The molecule has 0 bridgehead atoms. The van der Waals surface area contributed by atoms with E-state index in [2.05, 4.69) is 16.5 Å². The lowest BCUT2D eigenvalue weighted by atomic mass is 10.1. The summed E-state index contributed by atoms with van der Waals surface area (Å²) in [7, 11) is 0. The Morgan fingerprint density at radius 2 is 2.00 bits per heavy atom. The molecule has 0 aromatic heterocycles. The minimum Gasteiger partial charge on any atom is -0.316 e. The minimum absolute atomic E-state index is 0.122. The molecule has 1 heterocycles. The van der Waals surface area contributed by atoms with Gasteiger partial charge in [-0.3, -0.25) is 9.89 Å². The summed E-state index contributed by atoms with van der Waals surface area (Å²) in [6.45, 7) is 6.71. The van der Waals surface area contributed by atoms with Crippen LogP contribution >= 0.6 is 0 Å². The number of aliphatic imine (C=N–C) groups is 1. The number of nitrogens with zero attached hydrogens (tertiary/aromatic N) is 2. The number of hydrogen-bond donors (Lipinski definition) is 1. The van der Waals surface area contributed by atoms with Gasteiger partial charge in [-0.1, -0.05) is 31.8 Å². The monoisotopic (exact) mass is 251 g/mol. The summed E-state index contributed by atoms with van der Waals surface area (Å²) in [5.41, 5.74) is 5.92. The van der Waals surface area contributed by atoms with E-state index in [-0.39, 0.29) is 6.17 Å². The van der Waals surface area contributed by atoms with Crippen LogP contribution in [0.25, 0.3) is 0 Å². The Kier molecular flexibility index (Phi) is 7.94. The van der Waals surface area contributed by atoms with Gasteiger partial charge in [-0.15, -0.1) is 6.58 Å². The zero-order chi connectivity index (χ0) is 13.2. The van der Waals surface area contributed by atoms with Gasteiger partial charge in [0.2, 0.25) is 0 Å². The normalized spacial score (nSPS) is 21.3. The van der Waals surface area contributed by atoms with Gasteiger partial charge in [0.05, 0.1) is 6.17 Å². The topological polar surface area (TPSA) is 41.6 Å². The molecule has 1 aliphatic rings. The van der Waals surface area contributed by atoms with Crippen molar-refractivity contribution >= 4 is 6.21 Å². The van der Waals surface area contributed by atoms with Gasteiger partial charge >= 0.3 is 0 Å². The zero-order valence-corrected chi connectivity index (χ0v) is 11.9. The van der Waals surface area contributed by atoms with Crippen molar-refractivity contribution in [1.82, 2.24) is 4.90 Å². The number of unbranched alkanes of at least 4 members (excludes halogenated alkanes) is 6. The molecular weight excluding hydrogens is 222 g/mol. The van der Waals surface area contributed by atoms with Crippen LogP contribution in [0.5, 0.6) is 0 Å². The van der Waals surface area contributed by atoms with Crippen molar-refractivity contribution in [2.75, 3.05) is 6.54 Å². The van der Waals surface area contributed by atoms with Crippen molar-refractivity contribution in [3.05, 3.63) is 12.7 Å². The third-order valence-corrected chi connectivity index (χ3v) is 3.60. The average Bonchev–Trinajstić information content (AvgIpc) is 2.81. The van der Waals surface area contributed by atoms with E-state index in [0.717, 1.165) is 13.0 Å². The first-order valence-corrected chi connectivity index (χ1v) is 7.39. The van der Waals surface area contributed by atoms with E-state index in [0.29, 0.717) is 6.17 Å². The van der Waals surface area contributed by atoms with Crippen LogP contribution < -0.4 is 5.73 Å². The predicted molar refractivity (Wildman–Crippen MR) is 79.8 cm³/mol. The van der Waals surface area contributed by atoms with E-state index in [4.69, 9.17) is 5.73 Å². The Morgan fingerprint density at radius 3 is 2.67 bits per heavy atom. The van der Waals surface area contributed by atoms with Gasteiger partial charge in [-0.2, -0.15) is 0 Å². The second kappa shape index (κ2) is 9.29. The van der Waals surface area contributed by atoms with Crippen LogP contribution in [-0.2, 0) is 0 Å². The van der Waals surface area contributed by atoms with E-state index >= 15 is 0 Å². The first-order valence-electron chi connectivity index (χ1n) is 7.39. The van der Waals surface area contributed by atoms with Crippen LogP contribution in [0, 0.1) is 0 Å². The van der Waals surface area contributed by atoms with Gasteiger partial charge in [-0.25, -0.2) is 0 Å². The van der Waals surface area contributed by atoms with E-state index in [1.807, 2.05) is 19.2 Å². The summed E-state index contributed by atoms with van der Waals surface area (Å²) in [6.07, 6.45) is 14.8. The molecule has 18 heavy (non-hydrogen) atoms. The number of rotatable bonds is 10. The molecular formula is C15H29N3. The van der Waals surface area contributed by atoms with Crippen LogP contribution in [-0.4, -0.2) is 30.0 Å². The fourth-order valence-electron chi connectivity index (χ4n) is 2.47. The Morgan fingerprint density at radius 1 is 1.33 bits per heavy atom. The van der Waals surface area contributed by atoms with Gasteiger partial charge < -0.3 is 5.73 Å². The number of allylic oxidation sites excluding steroid dienone is 1. The molecule has 3 nitrogen and oxygen atoms in total. The van der Waals surface area contributed by atoms with Crippen LogP contribution in [0.1, 0.15) is 58.3 Å². The average molecular weight is 251 g/mol. The molecule has 0 fully saturated rings. The molecule has 3 heteroatoms. The molecule has 0 saturated carbocycles. The molecule has 0 aromatic rings. The standard InChI is InChI=1S/C15H29N3/c1-3-4-5-6-7-8-9-10-11-15-17-12-13-18(15)14(2)16/h3,12,14-15H,1,4-11,13,16H2,2H3. The van der Waals surface area contributed by atoms with E-state index in [9.17, 15) is 0 Å². The second-order valence-corrected chi connectivity index (χ2v) is 5.24. The van der Waals surface area contributed by atoms with Crippen molar-refractivity contribution in [3.8, 4) is 0 Å². The number of nitrogens with two attached hydrogens (primary N) is 1. The molecule has 2 unspecified atom stereocenters. The van der Waals surface area contributed by atoms with Crippen LogP contribution in [0.3, 0.4) is 0 Å². The molecule has 2 atom stereocenters. The number of hydrogen-bond acceptors (Lipinski definition) is 3. The Bertz CT molecular complexity index is 248. The Hall–Kier alpha value is -0.670. The van der Waals surface area contributed by atoms with Crippen LogP contribution in [0.15, 0.2) is 17.6 Å². The first kappa shape index (κ1) is 15.4. The fourth-order valence-corrected chi connectivity index (χ4v) is 2.47. The molecule has 2 N–H and O–H groups in total. The molecule has 0 amide bonds. The molecule has 104 valence electrons. The lowest BCUT2D eigenvalue weighted by molar-refractivity contribution is 0.182. The fraction of sp³-hybridized carbons (Fsp3) is 0.800. The quantitative estimate of drug-likeness (QED) is 0.478. The molecule has 0 radical (unpaired) electrons. The molecule has 0 aromatic carbocycles. The summed E-state index contributed by atoms with van der Waals surface area (Å²) in [6, 6.07) is 0. The Balaban J connectivity index is 1.97. The summed E-state index contributed by atoms with van der Waals surface area (Å²) >= 11 is 0. The SMILES string of the molecule is C=CCCCCCCCCC1N=CCN1C(C)N. The third kappa shape index (κ3) is 5.78. The van der Waals surface area contributed by atoms with E-state index in [1.165, 1.54) is 44.9 Å². The maximum atomic E-state index is 5.92. The van der Waals surface area contributed by atoms with Crippen molar-refractivity contribution in [2.45, 2.75) is 70.6 Å². The lowest BCUT2D eigenvalue weighted by Gasteiger charge is -2.26. The van der Waals surface area contributed by atoms with Crippen LogP contribution in [0.4, 0.5) is 0 Å².